The lowest BCUT2D eigenvalue weighted by molar-refractivity contribution is -0.370. The maximum atomic E-state index is 12.6. The highest BCUT2D eigenvalue weighted by atomic mass is 16.8. The van der Waals surface area contributed by atoms with Gasteiger partial charge >= 0.3 is 29.5 Å². The predicted molar refractivity (Wildman–Crippen MR) is 186 cm³/mol. The van der Waals surface area contributed by atoms with Gasteiger partial charge in [0.1, 0.15) is 48.4 Å². The molecule has 19 nitrogen and oxygen atoms in total. The summed E-state index contributed by atoms with van der Waals surface area (Å²) in [6.07, 6.45) is -13.4. The molecule has 0 aliphatic carbocycles. The van der Waals surface area contributed by atoms with E-state index < -0.39 is 104 Å². The summed E-state index contributed by atoms with van der Waals surface area (Å²) in [5.74, 6) is -3.06. The van der Waals surface area contributed by atoms with E-state index in [0.29, 0.717) is 16.5 Å². The second-order valence-corrected chi connectivity index (χ2v) is 13.1. The number of ether oxygens (including phenoxy) is 10. The molecule has 0 saturated carbocycles. The van der Waals surface area contributed by atoms with Gasteiger partial charge in [0.2, 0.25) is 6.29 Å². The van der Waals surface area contributed by atoms with Crippen molar-refractivity contribution in [1.82, 2.24) is 0 Å². The van der Waals surface area contributed by atoms with Crippen molar-refractivity contribution in [3.63, 3.8) is 0 Å². The molecule has 3 fully saturated rings. The molecule has 0 spiro atoms. The lowest BCUT2D eigenvalue weighted by Crippen LogP contribution is -2.67. The third kappa shape index (κ3) is 9.27. The lowest BCUT2D eigenvalue weighted by atomic mass is 9.94. The monoisotopic (exact) mass is 781 g/mol. The van der Waals surface area contributed by atoms with E-state index in [2.05, 4.69) is 10.0 Å². The maximum Gasteiger partial charge on any atom is 0.336 e. The van der Waals surface area contributed by atoms with Gasteiger partial charge in [0, 0.05) is 55.7 Å². The molecule has 6 rings (SSSR count). The molecule has 4 heterocycles. The van der Waals surface area contributed by atoms with Crippen LogP contribution >= 0.6 is 0 Å². The van der Waals surface area contributed by atoms with Gasteiger partial charge in [-0.3, -0.25) is 19.2 Å². The van der Waals surface area contributed by atoms with Crippen molar-refractivity contribution in [2.75, 3.05) is 13.2 Å². The van der Waals surface area contributed by atoms with E-state index >= 15 is 0 Å². The van der Waals surface area contributed by atoms with Crippen LogP contribution in [0, 0.1) is 6.92 Å². The molecule has 3 saturated heterocycles. The molecule has 3 aliphatic rings. The normalized spacial score (nSPS) is 29.8. The van der Waals surface area contributed by atoms with Crippen LogP contribution in [-0.4, -0.2) is 98.4 Å². The van der Waals surface area contributed by atoms with Crippen LogP contribution in [0.25, 0.3) is 21.4 Å². The van der Waals surface area contributed by atoms with Crippen molar-refractivity contribution in [3.8, 4) is 5.75 Å². The zero-order chi connectivity index (χ0) is 40.1. The summed E-state index contributed by atoms with van der Waals surface area (Å²) in [6, 6.07) is 13.7. The van der Waals surface area contributed by atoms with Crippen molar-refractivity contribution in [3.05, 3.63) is 86.6 Å². The summed E-state index contributed by atoms with van der Waals surface area (Å²) in [4.78, 5) is 64.4. The van der Waals surface area contributed by atoms with Crippen molar-refractivity contribution in [2.24, 2.45) is 5.11 Å². The van der Waals surface area contributed by atoms with Crippen LogP contribution in [0.5, 0.6) is 5.75 Å². The van der Waals surface area contributed by atoms with E-state index in [4.69, 9.17) is 51.8 Å². The summed E-state index contributed by atoms with van der Waals surface area (Å²) in [5.41, 5.74) is 10.8. The zero-order valence-corrected chi connectivity index (χ0v) is 30.8. The van der Waals surface area contributed by atoms with Gasteiger partial charge in [0.05, 0.1) is 6.61 Å². The smallest absolute Gasteiger partial charge is 0.336 e. The van der Waals surface area contributed by atoms with E-state index in [-0.39, 0.29) is 17.9 Å². The molecule has 2 aromatic carbocycles. The number of rotatable bonds is 11. The van der Waals surface area contributed by atoms with Crippen LogP contribution < -0.4 is 10.4 Å². The first kappa shape index (κ1) is 40.1. The van der Waals surface area contributed by atoms with Gasteiger partial charge in [-0.15, -0.1) is 0 Å². The maximum absolute atomic E-state index is 12.6. The molecule has 19 heteroatoms. The van der Waals surface area contributed by atoms with E-state index in [1.165, 1.54) is 12.1 Å². The molecule has 11 atom stereocenters. The third-order valence-electron chi connectivity index (χ3n) is 8.98. The Hall–Kier alpha value is -5.56. The molecular formula is C37H39N3O16. The predicted octanol–water partition coefficient (Wildman–Crippen LogP) is 3.47. The molecular weight excluding hydrogens is 742 g/mol. The van der Waals surface area contributed by atoms with E-state index in [1.54, 1.807) is 43.3 Å². The number of hydrogen-bond acceptors (Lipinski definition) is 17. The van der Waals surface area contributed by atoms with Crippen molar-refractivity contribution in [2.45, 2.75) is 102 Å². The molecule has 298 valence electrons. The van der Waals surface area contributed by atoms with E-state index in [1.807, 2.05) is 6.07 Å². The number of aryl methyl sites for hydroxylation is 1. The van der Waals surface area contributed by atoms with Crippen LogP contribution in [0.15, 0.2) is 68.9 Å². The number of carbonyl (C=O) groups excluding carboxylic acids is 4. The number of azide groups is 1. The van der Waals surface area contributed by atoms with Gasteiger partial charge in [-0.2, -0.15) is 0 Å². The van der Waals surface area contributed by atoms with Gasteiger partial charge in [-0.25, -0.2) is 4.79 Å². The van der Waals surface area contributed by atoms with Crippen molar-refractivity contribution in [1.29, 1.82) is 0 Å². The minimum Gasteiger partial charge on any atom is -0.464 e. The van der Waals surface area contributed by atoms with Crippen LogP contribution in [0.3, 0.4) is 0 Å². The highest BCUT2D eigenvalue weighted by Crippen LogP contribution is 2.40. The van der Waals surface area contributed by atoms with Gasteiger partial charge in [-0.05, 0) is 30.2 Å². The number of hydrogen-bond donors (Lipinski definition) is 0. The quantitative estimate of drug-likeness (QED) is 0.0676. The Kier molecular flexibility index (Phi) is 12.5. The summed E-state index contributed by atoms with van der Waals surface area (Å²) < 4.78 is 65.1. The lowest BCUT2D eigenvalue weighted by Gasteiger charge is -2.50. The Labute approximate surface area is 318 Å². The molecule has 0 radical (unpaired) electrons. The fourth-order valence-electron chi connectivity index (χ4n) is 6.74. The number of esters is 4. The molecule has 0 bridgehead atoms. The SMILES string of the molecule is CC(=O)OC[C@H]1O[C@@H](O[C@@H]2[C@@H](N=[N+]=[N-])[C@@H](Oc3ccc4c(C)cc(=O)oc4c3)O[C@@H]3CO[C@H](c4ccccc4)O[C@H]23)[C@H](OC(C)=O)[C@@H](OC(C)=O)[C@H]1OC(C)=O. The number of nitrogens with zero attached hydrogens (tertiary/aromatic N) is 3. The fourth-order valence-corrected chi connectivity index (χ4v) is 6.74. The highest BCUT2D eigenvalue weighted by molar-refractivity contribution is 5.81. The first-order valence-corrected chi connectivity index (χ1v) is 17.5. The van der Waals surface area contributed by atoms with Gasteiger partial charge in [0.25, 0.3) is 0 Å². The topological polar surface area (TPSA) is 240 Å². The summed E-state index contributed by atoms with van der Waals surface area (Å²) >= 11 is 0. The number of benzene rings is 2. The first-order chi connectivity index (χ1) is 26.8. The minimum atomic E-state index is -1.68. The Morgan fingerprint density at radius 1 is 0.821 bits per heavy atom. The average Bonchev–Trinajstić information content (AvgIpc) is 3.14. The molecule has 0 N–H and O–H groups in total. The average molecular weight is 782 g/mol. The zero-order valence-electron chi connectivity index (χ0n) is 30.8. The minimum absolute atomic E-state index is 0.0721. The second kappa shape index (κ2) is 17.5. The van der Waals surface area contributed by atoms with Crippen LogP contribution in [0.4, 0.5) is 0 Å². The highest BCUT2D eigenvalue weighted by Gasteiger charge is 2.57. The molecule has 3 aliphatic heterocycles. The Bertz CT molecular complexity index is 2040. The Balaban J connectivity index is 1.41. The Morgan fingerprint density at radius 2 is 1.52 bits per heavy atom. The second-order valence-electron chi connectivity index (χ2n) is 13.1. The third-order valence-corrected chi connectivity index (χ3v) is 8.98. The molecule has 0 amide bonds. The largest absolute Gasteiger partial charge is 0.464 e. The number of carbonyl (C=O) groups is 4. The van der Waals surface area contributed by atoms with Gasteiger partial charge < -0.3 is 51.8 Å². The fraction of sp³-hybridized carbons (Fsp3) is 0.486. The summed E-state index contributed by atoms with van der Waals surface area (Å²) in [5, 5.41) is 4.65. The van der Waals surface area contributed by atoms with Gasteiger partial charge in [0.15, 0.2) is 30.9 Å². The summed E-state index contributed by atoms with van der Waals surface area (Å²) in [7, 11) is 0. The number of fused-ring (bicyclic) bond motifs is 2. The van der Waals surface area contributed by atoms with Crippen molar-refractivity contribution >= 4 is 34.8 Å². The molecule has 3 aromatic rings. The van der Waals surface area contributed by atoms with E-state index in [9.17, 15) is 29.5 Å². The van der Waals surface area contributed by atoms with Crippen molar-refractivity contribution < 1.29 is 71.0 Å². The molecule has 56 heavy (non-hydrogen) atoms. The van der Waals surface area contributed by atoms with Crippen LogP contribution in [0.2, 0.25) is 0 Å². The first-order valence-electron chi connectivity index (χ1n) is 17.5. The van der Waals surface area contributed by atoms with Crippen LogP contribution in [-0.2, 0) is 61.8 Å². The van der Waals surface area contributed by atoms with Gasteiger partial charge in [-0.1, -0.05) is 35.4 Å². The van der Waals surface area contributed by atoms with Crippen LogP contribution in [0.1, 0.15) is 45.1 Å². The molecule has 1 aromatic heterocycles. The Morgan fingerprint density at radius 3 is 2.20 bits per heavy atom. The standard InChI is InChI=1S/C37H39N3O16/c1-17-13-28(45)52-25-14-23(11-12-24(17)25)51-36-29(39-40-38)32(30-27(53-36)16-47-35(55-30)22-9-7-6-8-10-22)56-37-34(50-21(5)44)33(49-20(4)43)31(48-19(3)42)26(54-37)15-46-18(2)41/h6-14,26-27,29-37H,15-16H2,1-5H3/t26-,27-,29-,30+,31+,32-,33+,34-,35+,36+,37+/m1/s1. The molecule has 0 unspecified atom stereocenters. The summed E-state index contributed by atoms with van der Waals surface area (Å²) in [6.45, 7) is 5.58. The van der Waals surface area contributed by atoms with E-state index in [0.717, 1.165) is 27.7 Å².